The minimum atomic E-state index is -0.506. The number of aryl methyl sites for hydroxylation is 1. The highest BCUT2D eigenvalue weighted by atomic mass is 79.9. The van der Waals surface area contributed by atoms with Crippen molar-refractivity contribution < 1.29 is 9.18 Å². The van der Waals surface area contributed by atoms with Crippen molar-refractivity contribution in [1.82, 2.24) is 0 Å². The molecule has 0 aliphatic heterocycles. The van der Waals surface area contributed by atoms with Gasteiger partial charge in [0.2, 0.25) is 0 Å². The van der Waals surface area contributed by atoms with Crippen molar-refractivity contribution in [2.24, 2.45) is 0 Å². The second-order valence-corrected chi connectivity index (χ2v) is 4.92. The third-order valence-electron chi connectivity index (χ3n) is 2.80. The van der Waals surface area contributed by atoms with Gasteiger partial charge in [-0.3, -0.25) is 4.79 Å². The molecule has 0 fully saturated rings. The summed E-state index contributed by atoms with van der Waals surface area (Å²) in [7, 11) is 0. The lowest BCUT2D eigenvalue weighted by molar-refractivity contribution is 0.103. The summed E-state index contributed by atoms with van der Waals surface area (Å²) in [6.45, 7) is 2.05. The van der Waals surface area contributed by atoms with E-state index in [1.54, 1.807) is 18.2 Å². The van der Waals surface area contributed by atoms with Crippen LogP contribution >= 0.6 is 15.9 Å². The number of hydrogen-bond acceptors (Lipinski definition) is 1. The van der Waals surface area contributed by atoms with Crippen LogP contribution in [0, 0.1) is 5.82 Å². The van der Waals surface area contributed by atoms with E-state index in [0.717, 1.165) is 12.0 Å². The molecular formula is C15H12BrFO. The number of rotatable bonds is 3. The van der Waals surface area contributed by atoms with Gasteiger partial charge in [-0.1, -0.05) is 47.1 Å². The van der Waals surface area contributed by atoms with E-state index in [9.17, 15) is 9.18 Å². The van der Waals surface area contributed by atoms with E-state index < -0.39 is 5.82 Å². The zero-order valence-electron chi connectivity index (χ0n) is 9.91. The molecule has 0 spiro atoms. The van der Waals surface area contributed by atoms with Gasteiger partial charge in [0, 0.05) is 10.0 Å². The van der Waals surface area contributed by atoms with Crippen LogP contribution in [0.3, 0.4) is 0 Å². The monoisotopic (exact) mass is 306 g/mol. The predicted molar refractivity (Wildman–Crippen MR) is 73.4 cm³/mol. The lowest BCUT2D eigenvalue weighted by Crippen LogP contribution is -2.04. The van der Waals surface area contributed by atoms with Crippen LogP contribution in [-0.4, -0.2) is 5.78 Å². The molecule has 3 heteroatoms. The van der Waals surface area contributed by atoms with E-state index >= 15 is 0 Å². The third-order valence-corrected chi connectivity index (χ3v) is 3.29. The zero-order valence-corrected chi connectivity index (χ0v) is 11.5. The maximum Gasteiger partial charge on any atom is 0.195 e. The summed E-state index contributed by atoms with van der Waals surface area (Å²) in [5.74, 6) is -0.795. The highest BCUT2D eigenvalue weighted by Gasteiger charge is 2.13. The Balaban J connectivity index is 2.35. The maximum absolute atomic E-state index is 13.7. The SMILES string of the molecule is CCc1ccc(C(=O)c2ccc(Br)cc2F)cc1. The van der Waals surface area contributed by atoms with Crippen molar-refractivity contribution in [1.29, 1.82) is 0 Å². The molecule has 0 heterocycles. The molecule has 0 aliphatic carbocycles. The molecule has 0 aromatic heterocycles. The molecule has 0 unspecified atom stereocenters. The van der Waals surface area contributed by atoms with Gasteiger partial charge < -0.3 is 0 Å². The second kappa shape index (κ2) is 5.44. The zero-order chi connectivity index (χ0) is 13.1. The second-order valence-electron chi connectivity index (χ2n) is 4.00. The van der Waals surface area contributed by atoms with Crippen LogP contribution in [0.5, 0.6) is 0 Å². The Labute approximate surface area is 114 Å². The van der Waals surface area contributed by atoms with Gasteiger partial charge in [-0.2, -0.15) is 0 Å². The van der Waals surface area contributed by atoms with E-state index in [2.05, 4.69) is 15.9 Å². The van der Waals surface area contributed by atoms with Crippen LogP contribution in [0.2, 0.25) is 0 Å². The smallest absolute Gasteiger partial charge is 0.195 e. The molecule has 0 radical (unpaired) electrons. The van der Waals surface area contributed by atoms with Crippen LogP contribution in [0.1, 0.15) is 28.4 Å². The van der Waals surface area contributed by atoms with Gasteiger partial charge in [0.25, 0.3) is 0 Å². The average Bonchev–Trinajstić information content (AvgIpc) is 2.38. The first-order valence-corrected chi connectivity index (χ1v) is 6.50. The maximum atomic E-state index is 13.7. The fourth-order valence-corrected chi connectivity index (χ4v) is 2.05. The largest absolute Gasteiger partial charge is 0.288 e. The summed E-state index contributed by atoms with van der Waals surface area (Å²) < 4.78 is 14.3. The molecular weight excluding hydrogens is 295 g/mol. The molecule has 0 bridgehead atoms. The Morgan fingerprint density at radius 1 is 1.17 bits per heavy atom. The van der Waals surface area contributed by atoms with Crippen LogP contribution < -0.4 is 0 Å². The highest BCUT2D eigenvalue weighted by molar-refractivity contribution is 9.10. The summed E-state index contributed by atoms with van der Waals surface area (Å²) in [4.78, 5) is 12.1. The summed E-state index contributed by atoms with van der Waals surface area (Å²) >= 11 is 3.17. The summed E-state index contributed by atoms with van der Waals surface area (Å²) in [6.07, 6.45) is 0.918. The molecule has 0 aliphatic rings. The van der Waals surface area contributed by atoms with E-state index in [1.165, 1.54) is 12.1 Å². The minimum Gasteiger partial charge on any atom is -0.288 e. The first-order valence-electron chi connectivity index (χ1n) is 5.70. The average molecular weight is 307 g/mol. The number of hydrogen-bond donors (Lipinski definition) is 0. The standard InChI is InChI=1S/C15H12BrFO/c1-2-10-3-5-11(6-4-10)15(18)13-8-7-12(16)9-14(13)17/h3-9H,2H2,1H3. The van der Waals surface area contributed by atoms with Crippen molar-refractivity contribution in [2.45, 2.75) is 13.3 Å². The van der Waals surface area contributed by atoms with E-state index in [0.29, 0.717) is 10.0 Å². The number of halogens is 2. The Kier molecular flexibility index (Phi) is 3.92. The van der Waals surface area contributed by atoms with Gasteiger partial charge in [-0.05, 0) is 30.2 Å². The lowest BCUT2D eigenvalue weighted by atomic mass is 10.0. The normalized spacial score (nSPS) is 10.4. The van der Waals surface area contributed by atoms with Gasteiger partial charge in [0.05, 0.1) is 5.56 Å². The molecule has 0 saturated carbocycles. The van der Waals surface area contributed by atoms with Gasteiger partial charge >= 0.3 is 0 Å². The lowest BCUT2D eigenvalue weighted by Gasteiger charge is -2.04. The van der Waals surface area contributed by atoms with E-state index in [1.807, 2.05) is 19.1 Å². The van der Waals surface area contributed by atoms with Crippen molar-refractivity contribution in [3.63, 3.8) is 0 Å². The first kappa shape index (κ1) is 13.0. The van der Waals surface area contributed by atoms with Crippen LogP contribution in [0.15, 0.2) is 46.9 Å². The number of carbonyl (C=O) groups excluding carboxylic acids is 1. The Bertz CT molecular complexity index is 576. The van der Waals surface area contributed by atoms with Crippen LogP contribution in [0.25, 0.3) is 0 Å². The first-order chi connectivity index (χ1) is 8.61. The molecule has 0 amide bonds. The number of benzene rings is 2. The Morgan fingerprint density at radius 2 is 1.83 bits per heavy atom. The summed E-state index contributed by atoms with van der Waals surface area (Å²) in [6, 6.07) is 11.7. The predicted octanol–water partition coefficient (Wildman–Crippen LogP) is 4.38. The molecule has 2 rings (SSSR count). The quantitative estimate of drug-likeness (QED) is 0.769. The minimum absolute atomic E-state index is 0.0995. The molecule has 92 valence electrons. The van der Waals surface area contributed by atoms with Crippen molar-refractivity contribution >= 4 is 21.7 Å². The van der Waals surface area contributed by atoms with Crippen molar-refractivity contribution in [2.75, 3.05) is 0 Å². The van der Waals surface area contributed by atoms with Gasteiger partial charge in [0.1, 0.15) is 5.82 Å². The van der Waals surface area contributed by atoms with Gasteiger partial charge in [0.15, 0.2) is 5.78 Å². The van der Waals surface area contributed by atoms with E-state index in [4.69, 9.17) is 0 Å². The number of carbonyl (C=O) groups is 1. The van der Waals surface area contributed by atoms with Crippen LogP contribution in [0.4, 0.5) is 4.39 Å². The third kappa shape index (κ3) is 2.67. The summed E-state index contributed by atoms with van der Waals surface area (Å²) in [5.41, 5.74) is 1.76. The molecule has 0 saturated heterocycles. The molecule has 1 nitrogen and oxygen atoms in total. The molecule has 2 aromatic carbocycles. The van der Waals surface area contributed by atoms with Gasteiger partial charge in [-0.15, -0.1) is 0 Å². The highest BCUT2D eigenvalue weighted by Crippen LogP contribution is 2.18. The summed E-state index contributed by atoms with van der Waals surface area (Å²) in [5, 5.41) is 0. The fourth-order valence-electron chi connectivity index (χ4n) is 1.72. The van der Waals surface area contributed by atoms with E-state index in [-0.39, 0.29) is 11.3 Å². The topological polar surface area (TPSA) is 17.1 Å². The molecule has 2 aromatic rings. The molecule has 0 atom stereocenters. The fraction of sp³-hybridized carbons (Fsp3) is 0.133. The molecule has 0 N–H and O–H groups in total. The van der Waals surface area contributed by atoms with Gasteiger partial charge in [-0.25, -0.2) is 4.39 Å². The van der Waals surface area contributed by atoms with Crippen molar-refractivity contribution in [3.8, 4) is 0 Å². The van der Waals surface area contributed by atoms with Crippen LogP contribution in [-0.2, 0) is 6.42 Å². The Morgan fingerprint density at radius 3 is 2.39 bits per heavy atom. The Hall–Kier alpha value is -1.48. The molecule has 18 heavy (non-hydrogen) atoms. The number of ketones is 1. The van der Waals surface area contributed by atoms with Crippen molar-refractivity contribution in [3.05, 3.63) is 69.4 Å².